The fourth-order valence-corrected chi connectivity index (χ4v) is 1.63. The molecule has 0 amide bonds. The molecule has 5 nitrogen and oxygen atoms in total. The van der Waals surface area contributed by atoms with Crippen LogP contribution in [0, 0.1) is 11.3 Å². The predicted molar refractivity (Wildman–Crippen MR) is 72.3 cm³/mol. The third-order valence-electron chi connectivity index (χ3n) is 2.31. The molecular formula is C15H10ClK2NO4. The summed E-state index contributed by atoms with van der Waals surface area (Å²) < 4.78 is 5.58. The average molecular weight is 382 g/mol. The number of ether oxygens (including phenoxy) is 1. The molecule has 0 aliphatic carbocycles. The van der Waals surface area contributed by atoms with E-state index in [0.717, 1.165) is 5.56 Å². The molecule has 0 saturated carbocycles. The first kappa shape index (κ1) is 25.8. The Morgan fingerprint density at radius 2 is 1.70 bits per heavy atom. The Morgan fingerprint density at radius 3 is 2.17 bits per heavy atom. The van der Waals surface area contributed by atoms with Crippen molar-refractivity contribution in [3.8, 4) is 11.8 Å². The van der Waals surface area contributed by atoms with E-state index in [1.54, 1.807) is 18.2 Å². The van der Waals surface area contributed by atoms with E-state index in [4.69, 9.17) is 36.6 Å². The quantitative estimate of drug-likeness (QED) is 0.498. The van der Waals surface area contributed by atoms with Gasteiger partial charge < -0.3 is 19.7 Å². The predicted octanol–water partition coefficient (Wildman–Crippen LogP) is -4.65. The van der Waals surface area contributed by atoms with Crippen LogP contribution in [-0.2, 0) is 6.61 Å². The Bertz CT molecular complexity index is 644. The van der Waals surface area contributed by atoms with Crippen LogP contribution in [0.25, 0.3) is 0 Å². The van der Waals surface area contributed by atoms with Crippen LogP contribution in [0.2, 0.25) is 5.02 Å². The number of carboxylic acid groups (broad SMARTS) is 2. The van der Waals surface area contributed by atoms with Crippen molar-refractivity contribution in [2.24, 2.45) is 0 Å². The minimum Gasteiger partial charge on any atom is -0.652 e. The van der Waals surface area contributed by atoms with Crippen LogP contribution < -0.4 is 118 Å². The Balaban J connectivity index is 0. The van der Waals surface area contributed by atoms with Crippen LogP contribution >= 0.6 is 11.6 Å². The summed E-state index contributed by atoms with van der Waals surface area (Å²) in [6.45, 7) is 0.489. The summed E-state index contributed by atoms with van der Waals surface area (Å²) >= 11 is 5.91. The van der Waals surface area contributed by atoms with E-state index in [1.807, 2.05) is 36.4 Å². The molecule has 0 saturated heterocycles. The zero-order chi connectivity index (χ0) is 15.7. The Labute approximate surface area is 224 Å². The SMILES string of the molecule is N#Cc1ccc(OCc2ccccc2)cc1Cl.O=C([O-])[O-].[K+].[K+]. The normalized spacial score (nSPS) is 8.17. The third-order valence-corrected chi connectivity index (χ3v) is 2.62. The second-order valence-electron chi connectivity index (χ2n) is 3.78. The summed E-state index contributed by atoms with van der Waals surface area (Å²) in [5.41, 5.74) is 1.55. The molecule has 0 unspecified atom stereocenters. The van der Waals surface area contributed by atoms with Gasteiger partial charge in [0, 0.05) is 6.07 Å². The van der Waals surface area contributed by atoms with Crippen molar-refractivity contribution in [2.45, 2.75) is 6.61 Å². The first-order valence-corrected chi connectivity index (χ1v) is 6.15. The van der Waals surface area contributed by atoms with Gasteiger partial charge in [-0.05, 0) is 23.9 Å². The summed E-state index contributed by atoms with van der Waals surface area (Å²) in [4.78, 5) is 8.33. The molecule has 8 heteroatoms. The van der Waals surface area contributed by atoms with Crippen molar-refractivity contribution in [2.75, 3.05) is 0 Å². The third kappa shape index (κ3) is 11.7. The number of rotatable bonds is 3. The van der Waals surface area contributed by atoms with E-state index in [0.29, 0.717) is 22.9 Å². The second kappa shape index (κ2) is 14.9. The van der Waals surface area contributed by atoms with Crippen molar-refractivity contribution in [1.82, 2.24) is 0 Å². The Kier molecular flexibility index (Phi) is 16.7. The fraction of sp³-hybridized carbons (Fsp3) is 0.0667. The van der Waals surface area contributed by atoms with Crippen LogP contribution in [0.4, 0.5) is 4.79 Å². The molecular weight excluding hydrogens is 372 g/mol. The van der Waals surface area contributed by atoms with Gasteiger partial charge in [0.2, 0.25) is 0 Å². The van der Waals surface area contributed by atoms with Gasteiger partial charge in [0.25, 0.3) is 0 Å². The number of benzene rings is 2. The first-order valence-electron chi connectivity index (χ1n) is 5.77. The number of hydrogen-bond donors (Lipinski definition) is 0. The molecule has 0 bridgehead atoms. The zero-order valence-corrected chi connectivity index (χ0v) is 19.8. The summed E-state index contributed by atoms with van der Waals surface area (Å²) in [5, 5.41) is 25.8. The van der Waals surface area contributed by atoms with Gasteiger partial charge in [-0.1, -0.05) is 41.9 Å². The van der Waals surface area contributed by atoms with Crippen molar-refractivity contribution in [3.05, 3.63) is 64.7 Å². The van der Waals surface area contributed by atoms with Crippen molar-refractivity contribution >= 4 is 17.8 Å². The largest absolute Gasteiger partial charge is 1.00 e. The molecule has 108 valence electrons. The molecule has 2 aromatic rings. The van der Waals surface area contributed by atoms with Gasteiger partial charge in [0.1, 0.15) is 18.4 Å². The molecule has 0 atom stereocenters. The molecule has 2 rings (SSSR count). The van der Waals surface area contributed by atoms with E-state index in [9.17, 15) is 0 Å². The number of nitriles is 1. The first-order chi connectivity index (χ1) is 10.0. The maximum absolute atomic E-state index is 8.74. The number of carbonyl (C=O) groups is 1. The summed E-state index contributed by atoms with van der Waals surface area (Å²) in [5.74, 6) is 0.665. The number of carbonyl (C=O) groups excluding carboxylic acids is 1. The average Bonchev–Trinajstić information content (AvgIpc) is 2.46. The Morgan fingerprint density at radius 1 is 1.13 bits per heavy atom. The van der Waals surface area contributed by atoms with Gasteiger partial charge in [0.15, 0.2) is 0 Å². The summed E-state index contributed by atoms with van der Waals surface area (Å²) in [6, 6.07) is 16.9. The van der Waals surface area contributed by atoms with Gasteiger partial charge in [-0.3, -0.25) is 0 Å². The second-order valence-corrected chi connectivity index (χ2v) is 4.18. The van der Waals surface area contributed by atoms with E-state index < -0.39 is 6.16 Å². The molecule has 0 fully saturated rings. The monoisotopic (exact) mass is 381 g/mol. The van der Waals surface area contributed by atoms with E-state index in [1.165, 1.54) is 0 Å². The molecule has 0 radical (unpaired) electrons. The van der Waals surface area contributed by atoms with Crippen molar-refractivity contribution in [3.63, 3.8) is 0 Å². The maximum atomic E-state index is 8.74. The summed E-state index contributed by atoms with van der Waals surface area (Å²) in [7, 11) is 0. The molecule has 0 N–H and O–H groups in total. The van der Waals surface area contributed by atoms with Gasteiger partial charge in [-0.15, -0.1) is 0 Å². The maximum Gasteiger partial charge on any atom is 1.00 e. The van der Waals surface area contributed by atoms with Crippen LogP contribution in [0.1, 0.15) is 11.1 Å². The molecule has 2 aromatic carbocycles. The molecule has 0 aliphatic rings. The fourth-order valence-electron chi connectivity index (χ4n) is 1.42. The van der Waals surface area contributed by atoms with Gasteiger partial charge >= 0.3 is 103 Å². The molecule has 0 spiro atoms. The molecule has 23 heavy (non-hydrogen) atoms. The molecule has 0 aromatic heterocycles. The smallest absolute Gasteiger partial charge is 0.652 e. The molecule has 0 heterocycles. The van der Waals surface area contributed by atoms with Crippen LogP contribution in [0.15, 0.2) is 48.5 Å². The standard InChI is InChI=1S/C14H10ClNO.CH2O3.2K/c15-14-8-13(7-6-12(14)9-16)17-10-11-4-2-1-3-5-11;2-1(3)4;;/h1-8H,10H2;(H2,2,3,4);;/q;;2*+1/p-2. The number of halogens is 1. The summed E-state index contributed by atoms with van der Waals surface area (Å²) in [6.07, 6.45) is -2.33. The number of hydrogen-bond acceptors (Lipinski definition) is 5. The van der Waals surface area contributed by atoms with E-state index >= 15 is 0 Å². The van der Waals surface area contributed by atoms with E-state index in [2.05, 4.69) is 0 Å². The Hall–Kier alpha value is 0.563. The van der Waals surface area contributed by atoms with Gasteiger partial charge in [-0.25, -0.2) is 0 Å². The van der Waals surface area contributed by atoms with Crippen LogP contribution in [0.3, 0.4) is 0 Å². The topological polar surface area (TPSA) is 96.2 Å². The minimum atomic E-state index is -2.33. The van der Waals surface area contributed by atoms with Crippen molar-refractivity contribution < 1.29 is 123 Å². The molecule has 0 aliphatic heterocycles. The van der Waals surface area contributed by atoms with Crippen LogP contribution in [-0.4, -0.2) is 6.16 Å². The minimum absolute atomic E-state index is 0. The van der Waals surface area contributed by atoms with Crippen LogP contribution in [0.5, 0.6) is 5.75 Å². The van der Waals surface area contributed by atoms with Crippen molar-refractivity contribution in [1.29, 1.82) is 5.26 Å². The zero-order valence-electron chi connectivity index (χ0n) is 12.8. The van der Waals surface area contributed by atoms with Gasteiger partial charge in [-0.2, -0.15) is 5.26 Å². The van der Waals surface area contributed by atoms with E-state index in [-0.39, 0.29) is 103 Å². The van der Waals surface area contributed by atoms with Gasteiger partial charge in [0.05, 0.1) is 10.6 Å². The number of nitrogens with zero attached hydrogens (tertiary/aromatic N) is 1.